The summed E-state index contributed by atoms with van der Waals surface area (Å²) in [5, 5.41) is 30.6. The van der Waals surface area contributed by atoms with Crippen molar-refractivity contribution in [3.63, 3.8) is 0 Å². The number of benzene rings is 6. The first-order valence-electron chi connectivity index (χ1n) is 18.5. The van der Waals surface area contributed by atoms with Crippen molar-refractivity contribution >= 4 is 75.4 Å². The first-order chi connectivity index (χ1) is 28.0. The molecule has 59 heavy (non-hydrogen) atoms. The first kappa shape index (κ1) is 41.2. The first-order valence-corrected chi connectivity index (χ1v) is 19.7. The summed E-state index contributed by atoms with van der Waals surface area (Å²) in [4.78, 5) is 47.9. The summed E-state index contributed by atoms with van der Waals surface area (Å²) in [6, 6.07) is 32.4. The lowest BCUT2D eigenvalue weighted by molar-refractivity contribution is -0.129. The summed E-state index contributed by atoms with van der Waals surface area (Å²) in [7, 11) is 0. The lowest BCUT2D eigenvalue weighted by Gasteiger charge is -2.29. The van der Waals surface area contributed by atoms with Gasteiger partial charge in [-0.2, -0.15) is 0 Å². The quantitative estimate of drug-likeness (QED) is 0.112. The van der Waals surface area contributed by atoms with Crippen LogP contribution >= 0.6 is 34.8 Å². The van der Waals surface area contributed by atoms with E-state index in [0.29, 0.717) is 43.1 Å². The number of anilines is 3. The Hall–Kier alpha value is -5.97. The van der Waals surface area contributed by atoms with E-state index in [1.54, 1.807) is 67.6 Å². The third kappa shape index (κ3) is 6.94. The average Bonchev–Trinajstić information content (AvgIpc) is 3.79. The highest BCUT2D eigenvalue weighted by Gasteiger charge is 2.50. The number of amides is 3. The molecule has 0 aliphatic carbocycles. The maximum absolute atomic E-state index is 13.4. The zero-order chi connectivity index (χ0) is 42.6. The maximum Gasteiger partial charge on any atom is 0.296 e. The van der Waals surface area contributed by atoms with E-state index >= 15 is 0 Å². The lowest BCUT2D eigenvalue weighted by Crippen LogP contribution is -2.37. The van der Waals surface area contributed by atoms with Crippen LogP contribution in [0.5, 0.6) is 5.75 Å². The molecule has 12 heteroatoms. The Morgan fingerprint density at radius 2 is 0.898 bits per heavy atom. The Kier molecular flexibility index (Phi) is 10.9. The largest absolute Gasteiger partial charge is 0.508 e. The van der Waals surface area contributed by atoms with Gasteiger partial charge in [0.05, 0.1) is 22.6 Å². The van der Waals surface area contributed by atoms with Gasteiger partial charge in [0.25, 0.3) is 17.6 Å². The van der Waals surface area contributed by atoms with Crippen LogP contribution in [0.3, 0.4) is 0 Å². The number of carbonyl (C=O) groups is 4. The summed E-state index contributed by atoms with van der Waals surface area (Å²) in [6.45, 7) is 9.47. The number of carbonyl (C=O) groups excluding carboxylic acids is 4. The number of aryl methyl sites for hydroxylation is 2. The fourth-order valence-electron chi connectivity index (χ4n) is 7.63. The van der Waals surface area contributed by atoms with Crippen molar-refractivity contribution < 1.29 is 29.4 Å². The number of hydrogen-bond donors (Lipinski definition) is 5. The number of aliphatic hydroxyl groups is 1. The Labute approximate surface area is 356 Å². The van der Waals surface area contributed by atoms with Crippen LogP contribution in [-0.2, 0) is 25.4 Å². The van der Waals surface area contributed by atoms with Gasteiger partial charge < -0.3 is 26.2 Å². The number of aromatic hydroxyl groups is 1. The van der Waals surface area contributed by atoms with Gasteiger partial charge in [0.2, 0.25) is 5.91 Å². The molecule has 3 amide bonds. The van der Waals surface area contributed by atoms with E-state index in [2.05, 4.69) is 16.0 Å². The zero-order valence-corrected chi connectivity index (χ0v) is 34.8. The number of rotatable bonds is 3. The highest BCUT2D eigenvalue weighted by atomic mass is 35.5. The van der Waals surface area contributed by atoms with Crippen LogP contribution in [-0.4, -0.2) is 33.7 Å². The van der Waals surface area contributed by atoms with Crippen LogP contribution in [0.25, 0.3) is 0 Å². The van der Waals surface area contributed by atoms with E-state index in [-0.39, 0.29) is 11.7 Å². The molecule has 9 nitrogen and oxygen atoms in total. The van der Waals surface area contributed by atoms with Gasteiger partial charge in [-0.1, -0.05) is 119 Å². The van der Waals surface area contributed by atoms with E-state index in [9.17, 15) is 29.4 Å². The van der Waals surface area contributed by atoms with Crippen LogP contribution < -0.4 is 16.0 Å². The fraction of sp³-hybridized carbons (Fsp3) is 0.149. The van der Waals surface area contributed by atoms with Gasteiger partial charge >= 0.3 is 0 Å². The van der Waals surface area contributed by atoms with E-state index in [0.717, 1.165) is 50.2 Å². The molecular formula is C47H38Cl3N3O6. The van der Waals surface area contributed by atoms with Gasteiger partial charge in [-0.05, 0) is 104 Å². The van der Waals surface area contributed by atoms with Gasteiger partial charge in [-0.15, -0.1) is 0 Å². The molecule has 3 aliphatic heterocycles. The van der Waals surface area contributed by atoms with Crippen LogP contribution in [0.1, 0.15) is 66.0 Å². The molecule has 3 heterocycles. The number of Topliss-reactive ketones (excluding diaryl/α,β-unsaturated/α-hetero) is 1. The van der Waals surface area contributed by atoms with Gasteiger partial charge in [0.1, 0.15) is 11.2 Å². The van der Waals surface area contributed by atoms with E-state index in [1.165, 1.54) is 0 Å². The fourth-order valence-corrected chi connectivity index (χ4v) is 8.10. The molecule has 298 valence electrons. The second-order valence-corrected chi connectivity index (χ2v) is 15.9. The number of phenolic OH excluding ortho intramolecular Hbond substituents is 1. The molecule has 2 unspecified atom stereocenters. The lowest BCUT2D eigenvalue weighted by atomic mass is 9.70. The summed E-state index contributed by atoms with van der Waals surface area (Å²) in [6.07, 6.45) is 0. The molecule has 6 aromatic rings. The monoisotopic (exact) mass is 845 g/mol. The summed E-state index contributed by atoms with van der Waals surface area (Å²) in [5.74, 6) is -1.47. The number of fused-ring (bicyclic) bond motifs is 3. The molecular weight excluding hydrogens is 809 g/mol. The third-order valence-electron chi connectivity index (χ3n) is 11.1. The van der Waals surface area contributed by atoms with E-state index in [4.69, 9.17) is 34.8 Å². The molecule has 0 spiro atoms. The Morgan fingerprint density at radius 3 is 1.44 bits per heavy atom. The second kappa shape index (κ2) is 15.7. The van der Waals surface area contributed by atoms with Gasteiger partial charge in [0, 0.05) is 26.2 Å². The highest BCUT2D eigenvalue weighted by Crippen LogP contribution is 2.50. The normalized spacial score (nSPS) is 18.3. The molecule has 9 rings (SSSR count). The topological polar surface area (TPSA) is 145 Å². The van der Waals surface area contributed by atoms with Crippen molar-refractivity contribution in [1.82, 2.24) is 0 Å². The zero-order valence-electron chi connectivity index (χ0n) is 32.6. The number of hydrogen-bond acceptors (Lipinski definition) is 6. The van der Waals surface area contributed by atoms with Crippen molar-refractivity contribution in [3.05, 3.63) is 185 Å². The minimum atomic E-state index is -1.65. The summed E-state index contributed by atoms with van der Waals surface area (Å²) < 4.78 is 0. The van der Waals surface area contributed by atoms with Gasteiger partial charge in [-0.3, -0.25) is 19.2 Å². The summed E-state index contributed by atoms with van der Waals surface area (Å²) in [5.41, 5.74) is 7.89. The van der Waals surface area contributed by atoms with Gasteiger partial charge in [0.15, 0.2) is 5.60 Å². The molecule has 0 fully saturated rings. The number of ketones is 1. The third-order valence-corrected chi connectivity index (χ3v) is 12.3. The molecule has 0 radical (unpaired) electrons. The van der Waals surface area contributed by atoms with Crippen molar-refractivity contribution in [3.8, 4) is 5.75 Å². The van der Waals surface area contributed by atoms with Gasteiger partial charge in [-0.25, -0.2) is 0 Å². The smallest absolute Gasteiger partial charge is 0.296 e. The van der Waals surface area contributed by atoms with Crippen LogP contribution in [0.4, 0.5) is 17.1 Å². The minimum absolute atomic E-state index is 0.118. The number of halogens is 3. The standard InChI is InChI=1S/C22H18ClNO2.C16H14ClNO2.C9H6ClNO2/c1-13-3-5-15(6-4-13)22(16-7-9-17(25)10-8-16)18-11-12-19(23)14(2)20(18)24-21(22)26;1-9-3-5-11(6-4-9)16(20)12-7-8-13(17)10(2)14(12)18-15(16)19;1-4-6(10)3-2-5-7(4)11-9(13)8(5)12/h3-12,25H,1-2H3,(H,24,26);3-8,20H,1-2H3,(H,18,19);2-3H,1H3,(H,11,12,13). The predicted molar refractivity (Wildman–Crippen MR) is 232 cm³/mol. The Balaban J connectivity index is 0.000000142. The maximum atomic E-state index is 13.4. The Morgan fingerprint density at radius 1 is 0.475 bits per heavy atom. The molecule has 2 atom stereocenters. The summed E-state index contributed by atoms with van der Waals surface area (Å²) >= 11 is 18.2. The van der Waals surface area contributed by atoms with Crippen molar-refractivity contribution in [2.45, 2.75) is 45.6 Å². The van der Waals surface area contributed by atoms with Crippen LogP contribution in [0.2, 0.25) is 15.1 Å². The molecule has 0 saturated heterocycles. The van der Waals surface area contributed by atoms with Crippen molar-refractivity contribution in [1.29, 1.82) is 0 Å². The second-order valence-electron chi connectivity index (χ2n) is 14.7. The molecule has 3 aliphatic rings. The SMILES string of the molecule is Cc1c(Cl)ccc2c1NC(=O)C2=O.Cc1ccc(C2(O)C(=O)Nc3c2ccc(Cl)c3C)cc1.Cc1ccc(C2(c3ccc(O)cc3)C(=O)Nc3c2ccc(Cl)c3C)cc1. The predicted octanol–water partition coefficient (Wildman–Crippen LogP) is 9.88. The number of phenols is 1. The van der Waals surface area contributed by atoms with E-state index in [1.807, 2.05) is 76.2 Å². The molecule has 0 bridgehead atoms. The minimum Gasteiger partial charge on any atom is -0.508 e. The molecule has 6 aromatic carbocycles. The van der Waals surface area contributed by atoms with E-state index < -0.39 is 28.6 Å². The highest BCUT2D eigenvalue weighted by molar-refractivity contribution is 6.52. The van der Waals surface area contributed by atoms with Crippen molar-refractivity contribution in [2.75, 3.05) is 16.0 Å². The molecule has 0 saturated carbocycles. The molecule has 5 N–H and O–H groups in total. The number of nitrogens with one attached hydrogen (secondary N) is 3. The van der Waals surface area contributed by atoms with Crippen LogP contribution in [0.15, 0.2) is 109 Å². The van der Waals surface area contributed by atoms with Crippen molar-refractivity contribution in [2.24, 2.45) is 0 Å². The van der Waals surface area contributed by atoms with Crippen LogP contribution in [0, 0.1) is 34.6 Å². The Bertz CT molecular complexity index is 2670. The molecule has 0 aromatic heterocycles. The average molecular weight is 847 g/mol.